The Hall–Kier alpha value is -1.09. The van der Waals surface area contributed by atoms with E-state index in [1.54, 1.807) is 6.07 Å². The standard InChI is InChI=1S/C11H13ClFNO/c1-7(2)8-4-3-5-9(6-8)14-11(15)10(12)13/h3-7,10H,1-2H3,(H,14,15). The number of anilines is 1. The van der Waals surface area contributed by atoms with Crippen LogP contribution in [0.1, 0.15) is 25.3 Å². The fourth-order valence-corrected chi connectivity index (χ4v) is 1.23. The molecule has 0 aromatic heterocycles. The van der Waals surface area contributed by atoms with Crippen LogP contribution in [0.25, 0.3) is 0 Å². The molecule has 4 heteroatoms. The maximum atomic E-state index is 12.4. The number of amides is 1. The van der Waals surface area contributed by atoms with Gasteiger partial charge < -0.3 is 5.32 Å². The number of carbonyl (C=O) groups excluding carboxylic acids is 1. The van der Waals surface area contributed by atoms with Gasteiger partial charge in [-0.05, 0) is 23.6 Å². The number of benzene rings is 1. The van der Waals surface area contributed by atoms with Gasteiger partial charge in [-0.2, -0.15) is 0 Å². The predicted molar refractivity (Wildman–Crippen MR) is 59.9 cm³/mol. The van der Waals surface area contributed by atoms with Crippen LogP contribution >= 0.6 is 11.6 Å². The van der Waals surface area contributed by atoms with Gasteiger partial charge >= 0.3 is 0 Å². The third-order valence-electron chi connectivity index (χ3n) is 2.02. The molecule has 0 aliphatic carbocycles. The largest absolute Gasteiger partial charge is 0.322 e. The van der Waals surface area contributed by atoms with Gasteiger partial charge in [0.25, 0.3) is 11.5 Å². The number of hydrogen-bond donors (Lipinski definition) is 1. The van der Waals surface area contributed by atoms with Gasteiger partial charge in [0.15, 0.2) is 0 Å². The van der Waals surface area contributed by atoms with E-state index >= 15 is 0 Å². The smallest absolute Gasteiger partial charge is 0.274 e. The molecule has 1 unspecified atom stereocenters. The van der Waals surface area contributed by atoms with Crippen molar-refractivity contribution >= 4 is 23.2 Å². The second kappa shape index (κ2) is 5.12. The Bertz CT molecular complexity index is 352. The third kappa shape index (κ3) is 3.51. The van der Waals surface area contributed by atoms with Crippen LogP contribution in [0.5, 0.6) is 0 Å². The Morgan fingerprint density at radius 1 is 1.47 bits per heavy atom. The molecule has 82 valence electrons. The molecule has 1 amide bonds. The molecule has 0 aliphatic heterocycles. The lowest BCUT2D eigenvalue weighted by atomic mass is 10.0. The molecule has 0 heterocycles. The topological polar surface area (TPSA) is 29.1 Å². The predicted octanol–water partition coefficient (Wildman–Crippen LogP) is 3.28. The van der Waals surface area contributed by atoms with Crippen molar-refractivity contribution in [1.82, 2.24) is 0 Å². The molecule has 2 nitrogen and oxygen atoms in total. The fraction of sp³-hybridized carbons (Fsp3) is 0.364. The molecule has 0 saturated carbocycles. The van der Waals surface area contributed by atoms with Crippen molar-refractivity contribution in [1.29, 1.82) is 0 Å². The zero-order valence-corrected chi connectivity index (χ0v) is 9.38. The first-order valence-corrected chi connectivity index (χ1v) is 5.13. The first kappa shape index (κ1) is 12.0. The monoisotopic (exact) mass is 229 g/mol. The Kier molecular flexibility index (Phi) is 4.09. The number of alkyl halides is 2. The van der Waals surface area contributed by atoms with Crippen molar-refractivity contribution in [3.63, 3.8) is 0 Å². The van der Waals surface area contributed by atoms with Gasteiger partial charge in [-0.1, -0.05) is 37.6 Å². The Balaban J connectivity index is 2.78. The molecule has 1 aromatic rings. The minimum atomic E-state index is -2.01. The van der Waals surface area contributed by atoms with Gasteiger partial charge in [0, 0.05) is 5.69 Å². The fourth-order valence-electron chi connectivity index (χ4n) is 1.17. The molecule has 0 radical (unpaired) electrons. The first-order chi connectivity index (χ1) is 7.00. The molecule has 0 spiro atoms. The molecule has 0 aliphatic rings. The lowest BCUT2D eigenvalue weighted by Crippen LogP contribution is -2.19. The summed E-state index contributed by atoms with van der Waals surface area (Å²) in [6, 6.07) is 7.27. The zero-order chi connectivity index (χ0) is 11.4. The summed E-state index contributed by atoms with van der Waals surface area (Å²) >= 11 is 5.00. The highest BCUT2D eigenvalue weighted by Gasteiger charge is 2.13. The van der Waals surface area contributed by atoms with E-state index in [1.165, 1.54) is 0 Å². The lowest BCUT2D eigenvalue weighted by molar-refractivity contribution is -0.118. The zero-order valence-electron chi connectivity index (χ0n) is 8.63. The molecule has 0 saturated heterocycles. The van der Waals surface area contributed by atoms with Crippen molar-refractivity contribution in [2.75, 3.05) is 5.32 Å². The lowest BCUT2D eigenvalue weighted by Gasteiger charge is -2.09. The van der Waals surface area contributed by atoms with Gasteiger partial charge in [0.2, 0.25) is 0 Å². The quantitative estimate of drug-likeness (QED) is 0.792. The van der Waals surface area contributed by atoms with E-state index in [0.29, 0.717) is 11.6 Å². The van der Waals surface area contributed by atoms with E-state index in [1.807, 2.05) is 32.0 Å². The minimum Gasteiger partial charge on any atom is -0.322 e. The molecule has 1 rings (SSSR count). The van der Waals surface area contributed by atoms with Crippen LogP contribution in [0.3, 0.4) is 0 Å². The van der Waals surface area contributed by atoms with Crippen LogP contribution in [-0.4, -0.2) is 11.5 Å². The molecule has 1 atom stereocenters. The van der Waals surface area contributed by atoms with E-state index < -0.39 is 11.5 Å². The van der Waals surface area contributed by atoms with E-state index in [0.717, 1.165) is 5.56 Å². The maximum Gasteiger partial charge on any atom is 0.274 e. The van der Waals surface area contributed by atoms with E-state index in [2.05, 4.69) is 5.32 Å². The highest BCUT2D eigenvalue weighted by Crippen LogP contribution is 2.18. The highest BCUT2D eigenvalue weighted by molar-refractivity contribution is 6.31. The summed E-state index contributed by atoms with van der Waals surface area (Å²) in [4.78, 5) is 11.0. The van der Waals surface area contributed by atoms with Crippen LogP contribution in [-0.2, 0) is 4.79 Å². The van der Waals surface area contributed by atoms with Gasteiger partial charge in [-0.3, -0.25) is 4.79 Å². The van der Waals surface area contributed by atoms with E-state index in [9.17, 15) is 9.18 Å². The van der Waals surface area contributed by atoms with E-state index in [4.69, 9.17) is 11.6 Å². The number of halogens is 2. The van der Waals surface area contributed by atoms with Crippen molar-refractivity contribution in [3.05, 3.63) is 29.8 Å². The molecule has 0 bridgehead atoms. The average Bonchev–Trinajstić information content (AvgIpc) is 2.18. The summed E-state index contributed by atoms with van der Waals surface area (Å²) in [5, 5.41) is 2.39. The van der Waals surface area contributed by atoms with Crippen molar-refractivity contribution in [3.8, 4) is 0 Å². The average molecular weight is 230 g/mol. The summed E-state index contributed by atoms with van der Waals surface area (Å²) in [7, 11) is 0. The van der Waals surface area contributed by atoms with Crippen LogP contribution in [0.15, 0.2) is 24.3 Å². The Morgan fingerprint density at radius 2 is 2.13 bits per heavy atom. The van der Waals surface area contributed by atoms with Gasteiger partial charge in [-0.25, -0.2) is 4.39 Å². The SMILES string of the molecule is CC(C)c1cccc(NC(=O)C(F)Cl)c1. The number of rotatable bonds is 3. The van der Waals surface area contributed by atoms with E-state index in [-0.39, 0.29) is 0 Å². The van der Waals surface area contributed by atoms with Crippen LogP contribution in [0.4, 0.5) is 10.1 Å². The summed E-state index contributed by atoms with van der Waals surface area (Å²) in [5.41, 5.74) is -0.361. The number of hydrogen-bond acceptors (Lipinski definition) is 1. The second-order valence-corrected chi connectivity index (χ2v) is 3.95. The molecule has 0 fully saturated rings. The summed E-state index contributed by atoms with van der Waals surface area (Å²) in [6.07, 6.45) is 0. The Labute approximate surface area is 93.4 Å². The summed E-state index contributed by atoms with van der Waals surface area (Å²) in [5.74, 6) is -0.475. The third-order valence-corrected chi connectivity index (χ3v) is 2.22. The molecule has 1 N–H and O–H groups in total. The van der Waals surface area contributed by atoms with Gasteiger partial charge in [-0.15, -0.1) is 0 Å². The minimum absolute atomic E-state index is 0.360. The highest BCUT2D eigenvalue weighted by atomic mass is 35.5. The van der Waals surface area contributed by atoms with Gasteiger partial charge in [0.05, 0.1) is 0 Å². The normalized spacial score (nSPS) is 12.6. The second-order valence-electron chi connectivity index (χ2n) is 3.57. The molecular weight excluding hydrogens is 217 g/mol. The molecule has 15 heavy (non-hydrogen) atoms. The molecular formula is C11H13ClFNO. The molecule has 1 aromatic carbocycles. The summed E-state index contributed by atoms with van der Waals surface area (Å²) < 4.78 is 12.4. The van der Waals surface area contributed by atoms with Crippen molar-refractivity contribution in [2.24, 2.45) is 0 Å². The van der Waals surface area contributed by atoms with Crippen LogP contribution < -0.4 is 5.32 Å². The van der Waals surface area contributed by atoms with Gasteiger partial charge in [0.1, 0.15) is 0 Å². The maximum absolute atomic E-state index is 12.4. The van der Waals surface area contributed by atoms with Crippen LogP contribution in [0, 0.1) is 0 Å². The van der Waals surface area contributed by atoms with Crippen LogP contribution in [0.2, 0.25) is 0 Å². The number of carbonyl (C=O) groups is 1. The van der Waals surface area contributed by atoms with Crippen molar-refractivity contribution < 1.29 is 9.18 Å². The Morgan fingerprint density at radius 3 is 2.67 bits per heavy atom. The first-order valence-electron chi connectivity index (χ1n) is 4.69. The number of nitrogens with one attached hydrogen (secondary N) is 1. The summed E-state index contributed by atoms with van der Waals surface area (Å²) in [6.45, 7) is 4.08. The van der Waals surface area contributed by atoms with Crippen molar-refractivity contribution in [2.45, 2.75) is 25.4 Å².